The van der Waals surface area contributed by atoms with Crippen LogP contribution >= 0.6 is 0 Å². The summed E-state index contributed by atoms with van der Waals surface area (Å²) in [6.07, 6.45) is 2.35. The van der Waals surface area contributed by atoms with Gasteiger partial charge in [0, 0.05) is 0 Å². The number of carboxylic acids is 2. The second-order valence-corrected chi connectivity index (χ2v) is 7.31. The van der Waals surface area contributed by atoms with E-state index in [0.717, 1.165) is 12.8 Å². The van der Waals surface area contributed by atoms with E-state index in [1.807, 2.05) is 34.6 Å². The first kappa shape index (κ1) is 18.9. The lowest BCUT2D eigenvalue weighted by Gasteiger charge is -2.52. The Labute approximate surface area is 122 Å². The lowest BCUT2D eigenvalue weighted by atomic mass is 9.50. The van der Waals surface area contributed by atoms with Crippen molar-refractivity contribution in [2.45, 2.75) is 67.7 Å². The molecule has 1 unspecified atom stereocenters. The van der Waals surface area contributed by atoms with Crippen molar-refractivity contribution in [1.82, 2.24) is 0 Å². The van der Waals surface area contributed by atoms with Crippen molar-refractivity contribution in [2.75, 3.05) is 0 Å². The quantitative estimate of drug-likeness (QED) is 0.706. The van der Waals surface area contributed by atoms with Crippen LogP contribution in [0.1, 0.15) is 67.7 Å². The normalized spacial score (nSPS) is 14.9. The van der Waals surface area contributed by atoms with E-state index in [9.17, 15) is 19.8 Å². The van der Waals surface area contributed by atoms with Crippen LogP contribution in [0.3, 0.4) is 0 Å². The molecule has 0 bridgehead atoms. The number of hydrogen-bond donors (Lipinski definition) is 2. The van der Waals surface area contributed by atoms with Gasteiger partial charge in [0.05, 0.1) is 11.3 Å². The fourth-order valence-corrected chi connectivity index (χ4v) is 2.71. The lowest BCUT2D eigenvalue weighted by Crippen LogP contribution is -2.53. The SMILES string of the molecule is CCCCC(C(=O)O)C(C)(C)C(C)(C)C(C)(C)C(=O)O. The van der Waals surface area contributed by atoms with Gasteiger partial charge in [-0.3, -0.25) is 9.59 Å². The summed E-state index contributed by atoms with van der Waals surface area (Å²) in [7, 11) is 0. The summed E-state index contributed by atoms with van der Waals surface area (Å²) < 4.78 is 0. The highest BCUT2D eigenvalue weighted by Gasteiger charge is 2.56. The van der Waals surface area contributed by atoms with Gasteiger partial charge in [0.1, 0.15) is 0 Å². The molecule has 4 nitrogen and oxygen atoms in total. The molecule has 118 valence electrons. The van der Waals surface area contributed by atoms with E-state index in [2.05, 4.69) is 0 Å². The average Bonchev–Trinajstić information content (AvgIpc) is 2.27. The topological polar surface area (TPSA) is 74.6 Å². The summed E-state index contributed by atoms with van der Waals surface area (Å²) >= 11 is 0. The van der Waals surface area contributed by atoms with Gasteiger partial charge in [-0.2, -0.15) is 0 Å². The number of carbonyl (C=O) groups is 2. The molecule has 1 atom stereocenters. The standard InChI is InChI=1S/C16H30O4/c1-8-9-10-11(12(17)18)14(2,3)16(6,7)15(4,5)13(19)20/h11H,8-10H2,1-7H3,(H,17,18)(H,19,20). The maximum absolute atomic E-state index is 11.6. The molecular weight excluding hydrogens is 256 g/mol. The maximum Gasteiger partial charge on any atom is 0.309 e. The molecule has 20 heavy (non-hydrogen) atoms. The third kappa shape index (κ3) is 3.15. The predicted molar refractivity (Wildman–Crippen MR) is 79.6 cm³/mol. The van der Waals surface area contributed by atoms with Gasteiger partial charge in [0.2, 0.25) is 0 Å². The summed E-state index contributed by atoms with van der Waals surface area (Å²) in [5, 5.41) is 19.0. The van der Waals surface area contributed by atoms with E-state index < -0.39 is 34.1 Å². The van der Waals surface area contributed by atoms with E-state index in [0.29, 0.717) is 6.42 Å². The van der Waals surface area contributed by atoms with Gasteiger partial charge in [-0.1, -0.05) is 47.5 Å². The van der Waals surface area contributed by atoms with Gasteiger partial charge >= 0.3 is 11.9 Å². The van der Waals surface area contributed by atoms with Gasteiger partial charge in [0.15, 0.2) is 0 Å². The van der Waals surface area contributed by atoms with E-state index in [1.54, 1.807) is 13.8 Å². The molecule has 0 heterocycles. The average molecular weight is 286 g/mol. The molecule has 0 rings (SSSR count). The van der Waals surface area contributed by atoms with Crippen LogP contribution < -0.4 is 0 Å². The third-order valence-corrected chi connectivity index (χ3v) is 5.72. The largest absolute Gasteiger partial charge is 0.481 e. The van der Waals surface area contributed by atoms with E-state index >= 15 is 0 Å². The van der Waals surface area contributed by atoms with Crippen LogP contribution in [0.15, 0.2) is 0 Å². The number of carboxylic acid groups (broad SMARTS) is 2. The van der Waals surface area contributed by atoms with Gasteiger partial charge in [-0.25, -0.2) is 0 Å². The fourth-order valence-electron chi connectivity index (χ4n) is 2.71. The predicted octanol–water partition coefficient (Wildman–Crippen LogP) is 4.04. The summed E-state index contributed by atoms with van der Waals surface area (Å²) in [6, 6.07) is 0. The molecule has 0 aliphatic heterocycles. The zero-order chi connectivity index (χ0) is 16.4. The van der Waals surface area contributed by atoms with Crippen molar-refractivity contribution in [3.63, 3.8) is 0 Å². The molecule has 0 amide bonds. The highest BCUT2D eigenvalue weighted by Crippen LogP contribution is 2.55. The zero-order valence-electron chi connectivity index (χ0n) is 13.9. The number of aliphatic carboxylic acids is 2. The van der Waals surface area contributed by atoms with E-state index in [4.69, 9.17) is 0 Å². The highest BCUT2D eigenvalue weighted by atomic mass is 16.4. The van der Waals surface area contributed by atoms with E-state index in [-0.39, 0.29) is 0 Å². The lowest BCUT2D eigenvalue weighted by molar-refractivity contribution is -0.170. The molecule has 0 radical (unpaired) electrons. The molecule has 0 aromatic carbocycles. The van der Waals surface area contributed by atoms with Crippen molar-refractivity contribution < 1.29 is 19.8 Å². The summed E-state index contributed by atoms with van der Waals surface area (Å²) in [6.45, 7) is 12.9. The zero-order valence-corrected chi connectivity index (χ0v) is 13.9. The molecule has 2 N–H and O–H groups in total. The van der Waals surface area contributed by atoms with E-state index in [1.165, 1.54) is 0 Å². The van der Waals surface area contributed by atoms with Gasteiger partial charge in [-0.15, -0.1) is 0 Å². The first-order chi connectivity index (χ1) is 8.84. The second kappa shape index (κ2) is 6.15. The maximum atomic E-state index is 11.6. The van der Waals surface area contributed by atoms with Gasteiger partial charge in [-0.05, 0) is 31.1 Å². The number of rotatable bonds is 8. The van der Waals surface area contributed by atoms with Crippen molar-refractivity contribution >= 4 is 11.9 Å². The minimum atomic E-state index is -1.00. The van der Waals surface area contributed by atoms with Crippen molar-refractivity contribution in [3.8, 4) is 0 Å². The van der Waals surface area contributed by atoms with Crippen LogP contribution in [0, 0.1) is 22.2 Å². The Kier molecular flexibility index (Phi) is 5.82. The Bertz CT molecular complexity index is 367. The minimum absolute atomic E-state index is 0.545. The minimum Gasteiger partial charge on any atom is -0.481 e. The number of unbranched alkanes of at least 4 members (excludes halogenated alkanes) is 1. The van der Waals surface area contributed by atoms with Gasteiger partial charge in [0.25, 0.3) is 0 Å². The molecule has 0 fully saturated rings. The fraction of sp³-hybridized carbons (Fsp3) is 0.875. The Hall–Kier alpha value is -1.06. The molecule has 0 spiro atoms. The Balaban J connectivity index is 5.65. The van der Waals surface area contributed by atoms with Crippen molar-refractivity contribution in [3.05, 3.63) is 0 Å². The molecule has 0 aliphatic rings. The van der Waals surface area contributed by atoms with Crippen LogP contribution in [0.5, 0.6) is 0 Å². The molecular formula is C16H30O4. The molecule has 0 aromatic heterocycles. The van der Waals surface area contributed by atoms with Crippen LogP contribution in [-0.4, -0.2) is 22.2 Å². The second-order valence-electron chi connectivity index (χ2n) is 7.31. The van der Waals surface area contributed by atoms with Crippen LogP contribution in [-0.2, 0) is 9.59 Å². The molecule has 0 aromatic rings. The molecule has 0 aliphatic carbocycles. The Morgan fingerprint density at radius 2 is 1.45 bits per heavy atom. The Morgan fingerprint density at radius 1 is 1.00 bits per heavy atom. The molecule has 4 heteroatoms. The third-order valence-electron chi connectivity index (χ3n) is 5.72. The first-order valence-electron chi connectivity index (χ1n) is 7.30. The number of hydrogen-bond acceptors (Lipinski definition) is 2. The molecule has 0 saturated heterocycles. The summed E-state index contributed by atoms with van der Waals surface area (Å²) in [4.78, 5) is 23.2. The smallest absolute Gasteiger partial charge is 0.309 e. The van der Waals surface area contributed by atoms with Crippen LogP contribution in [0.4, 0.5) is 0 Å². The summed E-state index contributed by atoms with van der Waals surface area (Å²) in [5.41, 5.74) is -2.30. The first-order valence-corrected chi connectivity index (χ1v) is 7.30. The van der Waals surface area contributed by atoms with Gasteiger partial charge < -0.3 is 10.2 Å². The Morgan fingerprint density at radius 3 is 1.75 bits per heavy atom. The monoisotopic (exact) mass is 286 g/mol. The molecule has 0 saturated carbocycles. The highest BCUT2D eigenvalue weighted by molar-refractivity contribution is 5.76. The van der Waals surface area contributed by atoms with Crippen LogP contribution in [0.2, 0.25) is 0 Å². The van der Waals surface area contributed by atoms with Crippen molar-refractivity contribution in [2.24, 2.45) is 22.2 Å². The summed E-state index contributed by atoms with van der Waals surface area (Å²) in [5.74, 6) is -2.27. The van der Waals surface area contributed by atoms with Crippen molar-refractivity contribution in [1.29, 1.82) is 0 Å². The van der Waals surface area contributed by atoms with Crippen LogP contribution in [0.25, 0.3) is 0 Å².